The first-order chi connectivity index (χ1) is 9.54. The van der Waals surface area contributed by atoms with Gasteiger partial charge in [0.25, 0.3) is 0 Å². The smallest absolute Gasteiger partial charge is 0.335 e. The molecule has 3 rings (SSSR count). The fourth-order valence-corrected chi connectivity index (χ4v) is 2.20. The first-order valence-electron chi connectivity index (χ1n) is 6.00. The van der Waals surface area contributed by atoms with E-state index in [-0.39, 0.29) is 24.4 Å². The van der Waals surface area contributed by atoms with Gasteiger partial charge in [-0.3, -0.25) is 4.79 Å². The van der Waals surface area contributed by atoms with Crippen LogP contribution in [0.25, 0.3) is 0 Å². The van der Waals surface area contributed by atoms with Crippen molar-refractivity contribution < 1.29 is 19.2 Å². The molecule has 0 atom stereocenters. The number of carboxylic acid groups (broad SMARTS) is 1. The SMILES string of the molecule is Cc1noc(CN2C(=O)Cc3ccc(C(=O)O)cc32)n1. The minimum Gasteiger partial charge on any atom is -0.478 e. The lowest BCUT2D eigenvalue weighted by atomic mass is 10.1. The molecule has 1 aliphatic rings. The van der Waals surface area contributed by atoms with Crippen LogP contribution >= 0.6 is 0 Å². The fourth-order valence-electron chi connectivity index (χ4n) is 2.20. The van der Waals surface area contributed by atoms with Crippen LogP contribution in [0.5, 0.6) is 0 Å². The number of aromatic carboxylic acids is 1. The molecule has 7 nitrogen and oxygen atoms in total. The number of rotatable bonds is 3. The number of fused-ring (bicyclic) bond motifs is 1. The molecule has 0 saturated heterocycles. The summed E-state index contributed by atoms with van der Waals surface area (Å²) in [5, 5.41) is 12.7. The molecule has 1 aromatic heterocycles. The maximum Gasteiger partial charge on any atom is 0.335 e. The van der Waals surface area contributed by atoms with Gasteiger partial charge in [-0.15, -0.1) is 0 Å². The Morgan fingerprint density at radius 2 is 2.30 bits per heavy atom. The van der Waals surface area contributed by atoms with Crippen LogP contribution in [0.1, 0.15) is 27.6 Å². The van der Waals surface area contributed by atoms with E-state index in [0.29, 0.717) is 17.4 Å². The first kappa shape index (κ1) is 12.3. The molecule has 0 radical (unpaired) electrons. The quantitative estimate of drug-likeness (QED) is 0.901. The number of benzene rings is 1. The van der Waals surface area contributed by atoms with Gasteiger partial charge in [0.2, 0.25) is 11.8 Å². The van der Waals surface area contributed by atoms with Crippen LogP contribution in [0.4, 0.5) is 5.69 Å². The number of carbonyl (C=O) groups excluding carboxylic acids is 1. The van der Waals surface area contributed by atoms with Crippen molar-refractivity contribution in [3.05, 3.63) is 41.0 Å². The van der Waals surface area contributed by atoms with Crippen molar-refractivity contribution in [1.29, 1.82) is 0 Å². The number of carboxylic acids is 1. The van der Waals surface area contributed by atoms with E-state index in [2.05, 4.69) is 10.1 Å². The second-order valence-electron chi connectivity index (χ2n) is 4.54. The van der Waals surface area contributed by atoms with Gasteiger partial charge in [-0.1, -0.05) is 11.2 Å². The molecule has 0 bridgehead atoms. The molecular formula is C13H11N3O4. The Kier molecular flexibility index (Phi) is 2.74. The number of amides is 1. The molecule has 0 spiro atoms. The molecule has 2 aromatic rings. The minimum atomic E-state index is -1.03. The van der Waals surface area contributed by atoms with Crippen molar-refractivity contribution in [1.82, 2.24) is 10.1 Å². The van der Waals surface area contributed by atoms with Gasteiger partial charge in [-0.05, 0) is 24.6 Å². The van der Waals surface area contributed by atoms with Gasteiger partial charge in [-0.25, -0.2) is 4.79 Å². The molecule has 1 amide bonds. The summed E-state index contributed by atoms with van der Waals surface area (Å²) < 4.78 is 5.00. The molecule has 1 aliphatic heterocycles. The van der Waals surface area contributed by atoms with Gasteiger partial charge in [0.15, 0.2) is 5.82 Å². The van der Waals surface area contributed by atoms with Gasteiger partial charge in [0.05, 0.1) is 12.0 Å². The third-order valence-electron chi connectivity index (χ3n) is 3.13. The van der Waals surface area contributed by atoms with Crippen molar-refractivity contribution in [2.45, 2.75) is 19.9 Å². The Balaban J connectivity index is 1.95. The van der Waals surface area contributed by atoms with Gasteiger partial charge in [-0.2, -0.15) is 4.98 Å². The van der Waals surface area contributed by atoms with E-state index in [4.69, 9.17) is 9.63 Å². The van der Waals surface area contributed by atoms with E-state index in [9.17, 15) is 9.59 Å². The lowest BCUT2D eigenvalue weighted by molar-refractivity contribution is -0.117. The van der Waals surface area contributed by atoms with Crippen LogP contribution in [-0.4, -0.2) is 27.1 Å². The second kappa shape index (κ2) is 4.44. The zero-order chi connectivity index (χ0) is 14.3. The molecule has 20 heavy (non-hydrogen) atoms. The summed E-state index contributed by atoms with van der Waals surface area (Å²) >= 11 is 0. The highest BCUT2D eigenvalue weighted by molar-refractivity contribution is 6.02. The molecule has 7 heteroatoms. The van der Waals surface area contributed by atoms with Gasteiger partial charge >= 0.3 is 5.97 Å². The highest BCUT2D eigenvalue weighted by Gasteiger charge is 2.29. The summed E-state index contributed by atoms with van der Waals surface area (Å²) in [7, 11) is 0. The average molecular weight is 273 g/mol. The fraction of sp³-hybridized carbons (Fsp3) is 0.231. The predicted molar refractivity (Wildman–Crippen MR) is 67.3 cm³/mol. The third-order valence-corrected chi connectivity index (χ3v) is 3.13. The largest absolute Gasteiger partial charge is 0.478 e. The van der Waals surface area contributed by atoms with Crippen molar-refractivity contribution in [2.75, 3.05) is 4.90 Å². The zero-order valence-corrected chi connectivity index (χ0v) is 10.7. The van der Waals surface area contributed by atoms with Crippen LogP contribution in [0.2, 0.25) is 0 Å². The normalized spacial score (nSPS) is 13.7. The summed E-state index contributed by atoms with van der Waals surface area (Å²) in [5.41, 5.74) is 1.53. The summed E-state index contributed by atoms with van der Waals surface area (Å²) in [4.78, 5) is 28.5. The maximum atomic E-state index is 12.0. The zero-order valence-electron chi connectivity index (χ0n) is 10.7. The predicted octanol–water partition coefficient (Wildman–Crippen LogP) is 1.17. The Morgan fingerprint density at radius 1 is 1.50 bits per heavy atom. The van der Waals surface area contributed by atoms with E-state index < -0.39 is 5.97 Å². The first-order valence-corrected chi connectivity index (χ1v) is 6.00. The molecule has 0 saturated carbocycles. The van der Waals surface area contributed by atoms with Crippen molar-refractivity contribution in [3.63, 3.8) is 0 Å². The molecule has 0 fully saturated rings. The number of aromatic nitrogens is 2. The lowest BCUT2D eigenvalue weighted by Crippen LogP contribution is -2.26. The minimum absolute atomic E-state index is 0.113. The molecule has 0 aliphatic carbocycles. The molecule has 102 valence electrons. The highest BCUT2D eigenvalue weighted by atomic mass is 16.5. The van der Waals surface area contributed by atoms with Crippen molar-refractivity contribution in [2.24, 2.45) is 0 Å². The molecule has 2 heterocycles. The van der Waals surface area contributed by atoms with E-state index in [1.54, 1.807) is 13.0 Å². The number of nitrogens with zero attached hydrogens (tertiary/aromatic N) is 3. The molecule has 1 aromatic carbocycles. The number of hydrogen-bond acceptors (Lipinski definition) is 5. The van der Waals surface area contributed by atoms with Crippen LogP contribution in [0, 0.1) is 6.92 Å². The van der Waals surface area contributed by atoms with Crippen molar-refractivity contribution >= 4 is 17.6 Å². The van der Waals surface area contributed by atoms with Crippen LogP contribution in [0.3, 0.4) is 0 Å². The summed E-state index contributed by atoms with van der Waals surface area (Å²) in [6.45, 7) is 1.84. The lowest BCUT2D eigenvalue weighted by Gasteiger charge is -2.15. The number of carbonyl (C=O) groups is 2. The van der Waals surface area contributed by atoms with Crippen LogP contribution in [0.15, 0.2) is 22.7 Å². The van der Waals surface area contributed by atoms with Gasteiger partial charge < -0.3 is 14.5 Å². The topological polar surface area (TPSA) is 96.5 Å². The maximum absolute atomic E-state index is 12.0. The van der Waals surface area contributed by atoms with Crippen LogP contribution < -0.4 is 4.90 Å². The highest BCUT2D eigenvalue weighted by Crippen LogP contribution is 2.31. The van der Waals surface area contributed by atoms with E-state index in [1.165, 1.54) is 17.0 Å². The number of anilines is 1. The van der Waals surface area contributed by atoms with Gasteiger partial charge in [0.1, 0.15) is 6.54 Å². The Labute approximate surface area is 113 Å². The van der Waals surface area contributed by atoms with E-state index in [1.807, 2.05) is 0 Å². The van der Waals surface area contributed by atoms with E-state index in [0.717, 1.165) is 5.56 Å². The molecule has 0 unspecified atom stereocenters. The number of aryl methyl sites for hydroxylation is 1. The summed E-state index contributed by atoms with van der Waals surface area (Å²) in [5.74, 6) is -0.324. The third kappa shape index (κ3) is 2.03. The monoisotopic (exact) mass is 273 g/mol. The second-order valence-corrected chi connectivity index (χ2v) is 4.54. The summed E-state index contributed by atoms with van der Waals surface area (Å²) in [6, 6.07) is 4.65. The number of hydrogen-bond donors (Lipinski definition) is 1. The van der Waals surface area contributed by atoms with Gasteiger partial charge in [0, 0.05) is 5.69 Å². The van der Waals surface area contributed by atoms with E-state index >= 15 is 0 Å². The molecular weight excluding hydrogens is 262 g/mol. The summed E-state index contributed by atoms with van der Waals surface area (Å²) in [6.07, 6.45) is 0.252. The van der Waals surface area contributed by atoms with Crippen molar-refractivity contribution in [3.8, 4) is 0 Å². The average Bonchev–Trinajstić information content (AvgIpc) is 2.94. The Hall–Kier alpha value is -2.70. The standard InChI is InChI=1S/C13H11N3O4/c1-7-14-11(20-15-7)6-16-10-4-9(13(18)19)3-2-8(10)5-12(16)17/h2-4H,5-6H2,1H3,(H,18,19). The van der Waals surface area contributed by atoms with Crippen LogP contribution in [-0.2, 0) is 17.8 Å². The Morgan fingerprint density at radius 3 is 2.95 bits per heavy atom. The Bertz CT molecular complexity index is 707. The molecule has 1 N–H and O–H groups in total.